The molecule has 0 saturated carbocycles. The Morgan fingerprint density at radius 3 is 2.90 bits per heavy atom. The van der Waals surface area contributed by atoms with E-state index in [1.165, 1.54) is 0 Å². The van der Waals surface area contributed by atoms with Gasteiger partial charge in [0, 0.05) is 18.2 Å². The van der Waals surface area contributed by atoms with E-state index in [-0.39, 0.29) is 18.4 Å². The highest BCUT2D eigenvalue weighted by molar-refractivity contribution is 5.95. The number of carbonyl (C=O) groups excluding carboxylic acids is 1. The number of carboxylic acids is 1. The summed E-state index contributed by atoms with van der Waals surface area (Å²) in [6.45, 7) is 0.619. The first-order chi connectivity index (χ1) is 9.61. The van der Waals surface area contributed by atoms with E-state index in [4.69, 9.17) is 9.84 Å². The third-order valence-corrected chi connectivity index (χ3v) is 3.61. The van der Waals surface area contributed by atoms with Crippen molar-refractivity contribution in [2.24, 2.45) is 0 Å². The predicted molar refractivity (Wildman–Crippen MR) is 73.9 cm³/mol. The van der Waals surface area contributed by atoms with E-state index in [0.29, 0.717) is 17.9 Å². The van der Waals surface area contributed by atoms with Gasteiger partial charge in [0.2, 0.25) is 0 Å². The first-order valence-corrected chi connectivity index (χ1v) is 6.78. The maximum atomic E-state index is 12.5. The van der Waals surface area contributed by atoms with Gasteiger partial charge >= 0.3 is 5.97 Å². The average molecular weight is 277 g/mol. The quantitative estimate of drug-likeness (QED) is 0.916. The molecule has 20 heavy (non-hydrogen) atoms. The molecule has 5 nitrogen and oxygen atoms in total. The van der Waals surface area contributed by atoms with Gasteiger partial charge in [-0.25, -0.2) is 0 Å². The first kappa shape index (κ1) is 14.4. The summed E-state index contributed by atoms with van der Waals surface area (Å²) in [6.07, 6.45) is 2.66. The number of benzene rings is 1. The fourth-order valence-electron chi connectivity index (χ4n) is 2.60. The van der Waals surface area contributed by atoms with Crippen molar-refractivity contribution in [1.82, 2.24) is 4.90 Å². The van der Waals surface area contributed by atoms with Gasteiger partial charge < -0.3 is 14.7 Å². The summed E-state index contributed by atoms with van der Waals surface area (Å²) < 4.78 is 5.12. The molecule has 1 saturated heterocycles. The van der Waals surface area contributed by atoms with Crippen LogP contribution < -0.4 is 4.74 Å². The second kappa shape index (κ2) is 6.41. The molecule has 1 N–H and O–H groups in total. The van der Waals surface area contributed by atoms with Gasteiger partial charge in [0.1, 0.15) is 5.75 Å². The summed E-state index contributed by atoms with van der Waals surface area (Å²) >= 11 is 0. The average Bonchev–Trinajstić information content (AvgIpc) is 2.46. The van der Waals surface area contributed by atoms with Crippen molar-refractivity contribution in [2.75, 3.05) is 13.7 Å². The van der Waals surface area contributed by atoms with Crippen LogP contribution in [0.2, 0.25) is 0 Å². The van der Waals surface area contributed by atoms with E-state index in [2.05, 4.69) is 0 Å². The van der Waals surface area contributed by atoms with Crippen molar-refractivity contribution in [2.45, 2.75) is 31.7 Å². The predicted octanol–water partition coefficient (Wildman–Crippen LogP) is 2.16. The summed E-state index contributed by atoms with van der Waals surface area (Å²) in [7, 11) is 1.55. The summed E-state index contributed by atoms with van der Waals surface area (Å²) in [6, 6.07) is 6.76. The Balaban J connectivity index is 2.18. The lowest BCUT2D eigenvalue weighted by Gasteiger charge is -2.35. The van der Waals surface area contributed by atoms with E-state index in [1.54, 1.807) is 36.3 Å². The van der Waals surface area contributed by atoms with Crippen LogP contribution in [0.3, 0.4) is 0 Å². The lowest BCUT2D eigenvalue weighted by atomic mass is 9.98. The van der Waals surface area contributed by atoms with E-state index >= 15 is 0 Å². The van der Waals surface area contributed by atoms with Gasteiger partial charge in [-0.1, -0.05) is 6.07 Å². The SMILES string of the molecule is COc1cccc(C(=O)N2CCCCC2CC(=O)O)c1. The number of methoxy groups -OCH3 is 1. The van der Waals surface area contributed by atoms with Crippen LogP contribution in [-0.2, 0) is 4.79 Å². The maximum absolute atomic E-state index is 12.5. The second-order valence-electron chi connectivity index (χ2n) is 4.98. The Kier molecular flexibility index (Phi) is 4.61. The Bertz CT molecular complexity index is 500. The third kappa shape index (κ3) is 3.29. The summed E-state index contributed by atoms with van der Waals surface area (Å²) in [5.74, 6) is -0.349. The van der Waals surface area contributed by atoms with Crippen LogP contribution in [0.1, 0.15) is 36.0 Å². The minimum Gasteiger partial charge on any atom is -0.497 e. The van der Waals surface area contributed by atoms with Crippen molar-refractivity contribution in [3.63, 3.8) is 0 Å². The van der Waals surface area contributed by atoms with Crippen LogP contribution in [0.4, 0.5) is 0 Å². The number of rotatable bonds is 4. The highest BCUT2D eigenvalue weighted by Gasteiger charge is 2.29. The minimum atomic E-state index is -0.861. The molecule has 0 bridgehead atoms. The number of nitrogens with zero attached hydrogens (tertiary/aromatic N) is 1. The normalized spacial score (nSPS) is 18.6. The fourth-order valence-corrected chi connectivity index (χ4v) is 2.60. The number of piperidine rings is 1. The molecule has 0 spiro atoms. The molecule has 5 heteroatoms. The number of aliphatic carboxylic acids is 1. The topological polar surface area (TPSA) is 66.8 Å². The van der Waals surface area contributed by atoms with Crippen molar-refractivity contribution in [3.8, 4) is 5.75 Å². The fraction of sp³-hybridized carbons (Fsp3) is 0.467. The van der Waals surface area contributed by atoms with Gasteiger partial charge in [-0.2, -0.15) is 0 Å². The number of ether oxygens (including phenoxy) is 1. The molecule has 1 aromatic carbocycles. The van der Waals surface area contributed by atoms with Gasteiger partial charge in [0.05, 0.1) is 13.5 Å². The van der Waals surface area contributed by atoms with E-state index in [0.717, 1.165) is 19.3 Å². The number of amides is 1. The van der Waals surface area contributed by atoms with E-state index in [1.807, 2.05) is 0 Å². The van der Waals surface area contributed by atoms with E-state index in [9.17, 15) is 9.59 Å². The standard InChI is InChI=1S/C15H19NO4/c1-20-13-7-4-5-11(9-13)15(19)16-8-3-2-6-12(16)10-14(17)18/h4-5,7,9,12H,2-3,6,8,10H2,1H3,(H,17,18). The molecule has 1 aliphatic rings. The number of carboxylic acid groups (broad SMARTS) is 1. The van der Waals surface area contributed by atoms with Crippen LogP contribution in [0.5, 0.6) is 5.75 Å². The van der Waals surface area contributed by atoms with Crippen molar-refractivity contribution in [1.29, 1.82) is 0 Å². The Morgan fingerprint density at radius 1 is 1.40 bits per heavy atom. The molecule has 1 aliphatic heterocycles. The monoisotopic (exact) mass is 277 g/mol. The first-order valence-electron chi connectivity index (χ1n) is 6.78. The smallest absolute Gasteiger partial charge is 0.305 e. The molecule has 1 unspecified atom stereocenters. The Hall–Kier alpha value is -2.04. The van der Waals surface area contributed by atoms with Crippen LogP contribution in [0.15, 0.2) is 24.3 Å². The summed E-state index contributed by atoms with van der Waals surface area (Å²) in [4.78, 5) is 25.1. The molecular formula is C15H19NO4. The highest BCUT2D eigenvalue weighted by atomic mass is 16.5. The number of carbonyl (C=O) groups is 2. The molecule has 1 atom stereocenters. The molecule has 0 radical (unpaired) electrons. The second-order valence-corrected chi connectivity index (χ2v) is 4.98. The minimum absolute atomic E-state index is 0.00963. The van der Waals surface area contributed by atoms with E-state index < -0.39 is 5.97 Å². The summed E-state index contributed by atoms with van der Waals surface area (Å²) in [5, 5.41) is 8.96. The van der Waals surface area contributed by atoms with Crippen molar-refractivity contribution >= 4 is 11.9 Å². The number of hydrogen-bond acceptors (Lipinski definition) is 3. The Labute approximate surface area is 118 Å². The largest absolute Gasteiger partial charge is 0.497 e. The molecule has 1 aromatic rings. The molecular weight excluding hydrogens is 258 g/mol. The number of likely N-dealkylation sites (tertiary alicyclic amines) is 1. The van der Waals surface area contributed by atoms with Gasteiger partial charge in [-0.3, -0.25) is 9.59 Å². The van der Waals surface area contributed by atoms with Crippen molar-refractivity contribution < 1.29 is 19.4 Å². The van der Waals surface area contributed by atoms with Gasteiger partial charge in [-0.05, 0) is 37.5 Å². The van der Waals surface area contributed by atoms with Crippen molar-refractivity contribution in [3.05, 3.63) is 29.8 Å². The molecule has 1 fully saturated rings. The molecule has 108 valence electrons. The Morgan fingerprint density at radius 2 is 2.20 bits per heavy atom. The summed E-state index contributed by atoms with van der Waals surface area (Å²) in [5.41, 5.74) is 0.543. The zero-order chi connectivity index (χ0) is 14.5. The highest BCUT2D eigenvalue weighted by Crippen LogP contribution is 2.23. The number of hydrogen-bond donors (Lipinski definition) is 1. The van der Waals surface area contributed by atoms with Gasteiger partial charge in [0.15, 0.2) is 0 Å². The lowest BCUT2D eigenvalue weighted by molar-refractivity contribution is -0.138. The van der Waals surface area contributed by atoms with Crippen LogP contribution >= 0.6 is 0 Å². The third-order valence-electron chi connectivity index (χ3n) is 3.61. The zero-order valence-electron chi connectivity index (χ0n) is 11.5. The van der Waals surface area contributed by atoms with Crippen LogP contribution in [-0.4, -0.2) is 41.6 Å². The zero-order valence-corrected chi connectivity index (χ0v) is 11.5. The molecule has 0 aromatic heterocycles. The van der Waals surface area contributed by atoms with Gasteiger partial charge in [0.25, 0.3) is 5.91 Å². The molecule has 1 amide bonds. The van der Waals surface area contributed by atoms with Crippen LogP contribution in [0.25, 0.3) is 0 Å². The van der Waals surface area contributed by atoms with Gasteiger partial charge in [-0.15, -0.1) is 0 Å². The molecule has 2 rings (SSSR count). The van der Waals surface area contributed by atoms with Crippen LogP contribution in [0, 0.1) is 0 Å². The maximum Gasteiger partial charge on any atom is 0.305 e. The molecule has 1 heterocycles. The lowest BCUT2D eigenvalue weighted by Crippen LogP contribution is -2.44. The molecule has 0 aliphatic carbocycles.